The summed E-state index contributed by atoms with van der Waals surface area (Å²) in [4.78, 5) is 0.753. The normalized spacial score (nSPS) is 11.9. The van der Waals surface area contributed by atoms with E-state index in [1.54, 1.807) is 14.2 Å². The molecule has 0 spiro atoms. The van der Waals surface area contributed by atoms with Crippen LogP contribution in [0.4, 0.5) is 0 Å². The standard InChI is InChI=1S/C16H18O3S/c1-18-14-9-7-13(8-10-14)11-12-20(17)16-6-4-3-5-15(16)19-2/h3-10H,11-12H2,1-2H3/t20-/m1/s1. The molecule has 0 bridgehead atoms. The molecule has 0 aliphatic carbocycles. The molecule has 2 rings (SSSR count). The monoisotopic (exact) mass is 290 g/mol. The van der Waals surface area contributed by atoms with Gasteiger partial charge in [-0.25, -0.2) is 0 Å². The van der Waals surface area contributed by atoms with Crippen LogP contribution in [-0.2, 0) is 17.2 Å². The molecule has 1 atom stereocenters. The number of rotatable bonds is 6. The Labute approximate surface area is 122 Å². The summed E-state index contributed by atoms with van der Waals surface area (Å²) in [6.07, 6.45) is 0.759. The third-order valence-electron chi connectivity index (χ3n) is 3.05. The second kappa shape index (κ2) is 7.10. The second-order valence-electron chi connectivity index (χ2n) is 4.30. The van der Waals surface area contributed by atoms with Crippen molar-refractivity contribution in [2.75, 3.05) is 20.0 Å². The van der Waals surface area contributed by atoms with Gasteiger partial charge in [-0.3, -0.25) is 4.21 Å². The molecule has 3 nitrogen and oxygen atoms in total. The fourth-order valence-corrected chi connectivity index (χ4v) is 3.17. The van der Waals surface area contributed by atoms with Crippen LogP contribution in [0, 0.1) is 0 Å². The highest BCUT2D eigenvalue weighted by Gasteiger charge is 2.09. The SMILES string of the molecule is COc1ccc(CC[S@@](=O)c2ccccc2OC)cc1. The van der Waals surface area contributed by atoms with Gasteiger partial charge in [-0.15, -0.1) is 0 Å². The lowest BCUT2D eigenvalue weighted by Crippen LogP contribution is -2.03. The van der Waals surface area contributed by atoms with Crippen LogP contribution in [0.5, 0.6) is 11.5 Å². The Morgan fingerprint density at radius 2 is 1.65 bits per heavy atom. The summed E-state index contributed by atoms with van der Waals surface area (Å²) < 4.78 is 22.7. The molecule has 0 amide bonds. The number of benzene rings is 2. The Morgan fingerprint density at radius 1 is 0.950 bits per heavy atom. The van der Waals surface area contributed by atoms with Crippen molar-refractivity contribution in [1.82, 2.24) is 0 Å². The van der Waals surface area contributed by atoms with E-state index < -0.39 is 10.8 Å². The fourth-order valence-electron chi connectivity index (χ4n) is 1.92. The maximum atomic E-state index is 12.3. The van der Waals surface area contributed by atoms with Crippen molar-refractivity contribution in [3.05, 3.63) is 54.1 Å². The van der Waals surface area contributed by atoms with Crippen LogP contribution in [0.15, 0.2) is 53.4 Å². The first kappa shape index (κ1) is 14.6. The average Bonchev–Trinajstić information content (AvgIpc) is 2.53. The van der Waals surface area contributed by atoms with Gasteiger partial charge in [0.2, 0.25) is 0 Å². The molecule has 2 aromatic carbocycles. The first-order valence-electron chi connectivity index (χ1n) is 6.39. The largest absolute Gasteiger partial charge is 0.497 e. The lowest BCUT2D eigenvalue weighted by molar-refractivity contribution is 0.404. The summed E-state index contributed by atoms with van der Waals surface area (Å²) in [5, 5.41) is 0. The van der Waals surface area contributed by atoms with Crippen molar-refractivity contribution >= 4 is 10.8 Å². The quantitative estimate of drug-likeness (QED) is 0.820. The topological polar surface area (TPSA) is 35.5 Å². The van der Waals surface area contributed by atoms with E-state index in [0.717, 1.165) is 22.6 Å². The molecule has 0 heterocycles. The lowest BCUT2D eigenvalue weighted by atomic mass is 10.2. The summed E-state index contributed by atoms with van der Waals surface area (Å²) in [6, 6.07) is 15.3. The van der Waals surface area contributed by atoms with Crippen LogP contribution in [-0.4, -0.2) is 24.2 Å². The van der Waals surface area contributed by atoms with E-state index in [2.05, 4.69) is 0 Å². The molecule has 2 aromatic rings. The minimum absolute atomic E-state index is 0.576. The number of para-hydroxylation sites is 1. The van der Waals surface area contributed by atoms with Crippen LogP contribution in [0.25, 0.3) is 0 Å². The summed E-state index contributed by atoms with van der Waals surface area (Å²) in [5.74, 6) is 2.09. The van der Waals surface area contributed by atoms with Gasteiger partial charge in [0.05, 0.1) is 29.9 Å². The predicted octanol–water partition coefficient (Wildman–Crippen LogP) is 3.05. The smallest absolute Gasteiger partial charge is 0.134 e. The van der Waals surface area contributed by atoms with E-state index in [0.29, 0.717) is 11.5 Å². The zero-order chi connectivity index (χ0) is 14.4. The molecule has 0 saturated heterocycles. The first-order chi connectivity index (χ1) is 9.74. The van der Waals surface area contributed by atoms with Crippen LogP contribution in [0.1, 0.15) is 5.56 Å². The summed E-state index contributed by atoms with van der Waals surface area (Å²) in [6.45, 7) is 0. The van der Waals surface area contributed by atoms with Crippen LogP contribution in [0.2, 0.25) is 0 Å². The number of hydrogen-bond acceptors (Lipinski definition) is 3. The zero-order valence-electron chi connectivity index (χ0n) is 11.7. The van der Waals surface area contributed by atoms with E-state index >= 15 is 0 Å². The van der Waals surface area contributed by atoms with E-state index in [-0.39, 0.29) is 0 Å². The molecule has 0 N–H and O–H groups in total. The molecule has 0 aliphatic heterocycles. The first-order valence-corrected chi connectivity index (χ1v) is 7.71. The Hall–Kier alpha value is -1.81. The molecule has 4 heteroatoms. The van der Waals surface area contributed by atoms with Crippen molar-refractivity contribution in [1.29, 1.82) is 0 Å². The van der Waals surface area contributed by atoms with E-state index in [4.69, 9.17) is 9.47 Å². The summed E-state index contributed by atoms with van der Waals surface area (Å²) in [7, 11) is 2.18. The Kier molecular flexibility index (Phi) is 5.18. The molecule has 0 saturated carbocycles. The van der Waals surface area contributed by atoms with Gasteiger partial charge in [0.15, 0.2) is 0 Å². The van der Waals surface area contributed by atoms with Crippen molar-refractivity contribution < 1.29 is 13.7 Å². The summed E-state index contributed by atoms with van der Waals surface area (Å²) in [5.41, 5.74) is 1.15. The third-order valence-corrected chi connectivity index (χ3v) is 4.45. The molecule has 0 unspecified atom stereocenters. The fraction of sp³-hybridized carbons (Fsp3) is 0.250. The minimum Gasteiger partial charge on any atom is -0.497 e. The van der Waals surface area contributed by atoms with Gasteiger partial charge in [0.1, 0.15) is 11.5 Å². The predicted molar refractivity (Wildman–Crippen MR) is 81.0 cm³/mol. The number of ether oxygens (including phenoxy) is 2. The van der Waals surface area contributed by atoms with Crippen LogP contribution >= 0.6 is 0 Å². The van der Waals surface area contributed by atoms with Gasteiger partial charge in [-0.1, -0.05) is 24.3 Å². The van der Waals surface area contributed by atoms with Crippen LogP contribution < -0.4 is 9.47 Å². The van der Waals surface area contributed by atoms with Crippen molar-refractivity contribution in [2.45, 2.75) is 11.3 Å². The Bertz CT molecular complexity index is 579. The number of methoxy groups -OCH3 is 2. The van der Waals surface area contributed by atoms with Gasteiger partial charge in [-0.2, -0.15) is 0 Å². The molecular formula is C16H18O3S. The number of aryl methyl sites for hydroxylation is 1. The molecule has 106 valence electrons. The Balaban J connectivity index is 2.01. The van der Waals surface area contributed by atoms with E-state index in [9.17, 15) is 4.21 Å². The van der Waals surface area contributed by atoms with Gasteiger partial charge in [0, 0.05) is 5.75 Å². The number of hydrogen-bond donors (Lipinski definition) is 0. The highest BCUT2D eigenvalue weighted by atomic mass is 32.2. The average molecular weight is 290 g/mol. The van der Waals surface area contributed by atoms with Gasteiger partial charge in [0.25, 0.3) is 0 Å². The highest BCUT2D eigenvalue weighted by Crippen LogP contribution is 2.22. The van der Waals surface area contributed by atoms with E-state index in [1.807, 2.05) is 48.5 Å². The van der Waals surface area contributed by atoms with Gasteiger partial charge < -0.3 is 9.47 Å². The zero-order valence-corrected chi connectivity index (χ0v) is 12.5. The van der Waals surface area contributed by atoms with Gasteiger partial charge in [-0.05, 0) is 36.2 Å². The van der Waals surface area contributed by atoms with Crippen molar-refractivity contribution in [2.24, 2.45) is 0 Å². The third kappa shape index (κ3) is 3.61. The van der Waals surface area contributed by atoms with Crippen LogP contribution in [0.3, 0.4) is 0 Å². The molecule has 0 fully saturated rings. The van der Waals surface area contributed by atoms with Crippen molar-refractivity contribution in [3.63, 3.8) is 0 Å². The van der Waals surface area contributed by atoms with Gasteiger partial charge >= 0.3 is 0 Å². The maximum absolute atomic E-state index is 12.3. The van der Waals surface area contributed by atoms with Crippen molar-refractivity contribution in [3.8, 4) is 11.5 Å². The Morgan fingerprint density at radius 3 is 2.30 bits per heavy atom. The molecule has 0 aliphatic rings. The molecule has 0 aromatic heterocycles. The molecule has 0 radical (unpaired) electrons. The van der Waals surface area contributed by atoms with E-state index in [1.165, 1.54) is 0 Å². The maximum Gasteiger partial charge on any atom is 0.134 e. The summed E-state index contributed by atoms with van der Waals surface area (Å²) >= 11 is 0. The lowest BCUT2D eigenvalue weighted by Gasteiger charge is -2.08. The second-order valence-corrected chi connectivity index (χ2v) is 5.84. The highest BCUT2D eigenvalue weighted by molar-refractivity contribution is 7.85. The molecule has 20 heavy (non-hydrogen) atoms. The molecular weight excluding hydrogens is 272 g/mol. The minimum atomic E-state index is -1.06.